The molecule has 0 radical (unpaired) electrons. The van der Waals surface area contributed by atoms with Gasteiger partial charge in [0.15, 0.2) is 0 Å². The minimum Gasteiger partial charge on any atom is -0.481 e. The Bertz CT molecular complexity index is 287. The summed E-state index contributed by atoms with van der Waals surface area (Å²) in [7, 11) is 1.75. The van der Waals surface area contributed by atoms with E-state index in [2.05, 4.69) is 0 Å². The Morgan fingerprint density at radius 3 is 2.50 bits per heavy atom. The second-order valence-electron chi connectivity index (χ2n) is 5.00. The Morgan fingerprint density at radius 2 is 1.94 bits per heavy atom. The normalized spacial score (nSPS) is 18.6. The van der Waals surface area contributed by atoms with Gasteiger partial charge in [0.1, 0.15) is 12.1 Å². The highest BCUT2D eigenvalue weighted by Gasteiger charge is 2.24. The molecule has 18 heavy (non-hydrogen) atoms. The third-order valence-electron chi connectivity index (χ3n) is 3.52. The van der Waals surface area contributed by atoms with Gasteiger partial charge in [0.25, 0.3) is 0 Å². The summed E-state index contributed by atoms with van der Waals surface area (Å²) in [4.78, 5) is 24.1. The monoisotopic (exact) mass is 257 g/mol. The molecule has 1 aliphatic carbocycles. The number of nitrogens with zero attached hydrogens (tertiary/aromatic N) is 1. The highest BCUT2D eigenvalue weighted by Crippen LogP contribution is 2.21. The third kappa shape index (κ3) is 5.04. The molecule has 1 N–H and O–H groups in total. The Hall–Kier alpha value is -1.10. The molecule has 0 heterocycles. The summed E-state index contributed by atoms with van der Waals surface area (Å²) in [5, 5.41) is 8.60. The van der Waals surface area contributed by atoms with E-state index in [1.807, 2.05) is 0 Å². The number of rotatable bonds is 6. The van der Waals surface area contributed by atoms with Crippen LogP contribution in [0.1, 0.15) is 45.4 Å². The highest BCUT2D eigenvalue weighted by molar-refractivity contribution is 5.75. The van der Waals surface area contributed by atoms with Gasteiger partial charge >= 0.3 is 11.9 Å². The average molecular weight is 257 g/mol. The molecule has 0 aromatic carbocycles. The molecule has 0 aromatic heterocycles. The topological polar surface area (TPSA) is 66.8 Å². The van der Waals surface area contributed by atoms with Crippen LogP contribution < -0.4 is 0 Å². The van der Waals surface area contributed by atoms with Crippen molar-refractivity contribution >= 4 is 11.9 Å². The molecule has 0 aromatic rings. The maximum atomic E-state index is 11.9. The number of aliphatic carboxylic acids is 1. The lowest BCUT2D eigenvalue weighted by Crippen LogP contribution is -2.40. The Labute approximate surface area is 108 Å². The van der Waals surface area contributed by atoms with E-state index in [1.54, 1.807) is 18.9 Å². The van der Waals surface area contributed by atoms with E-state index in [9.17, 15) is 9.59 Å². The van der Waals surface area contributed by atoms with E-state index >= 15 is 0 Å². The van der Waals surface area contributed by atoms with E-state index in [0.717, 1.165) is 25.7 Å². The molecular formula is C13H23NO4. The molecule has 0 saturated heterocycles. The molecule has 1 rings (SSSR count). The number of carboxylic acids is 1. The summed E-state index contributed by atoms with van der Waals surface area (Å²) >= 11 is 0. The second kappa shape index (κ2) is 7.36. The Kier molecular flexibility index (Phi) is 6.12. The van der Waals surface area contributed by atoms with Gasteiger partial charge in [0, 0.05) is 6.54 Å². The molecule has 0 spiro atoms. The van der Waals surface area contributed by atoms with Crippen molar-refractivity contribution in [3.8, 4) is 0 Å². The van der Waals surface area contributed by atoms with Gasteiger partial charge in [-0.1, -0.05) is 6.42 Å². The lowest BCUT2D eigenvalue weighted by molar-refractivity contribution is -0.156. The summed E-state index contributed by atoms with van der Waals surface area (Å²) in [6.07, 6.45) is 5.48. The Balaban J connectivity index is 2.32. The zero-order valence-corrected chi connectivity index (χ0v) is 11.2. The summed E-state index contributed by atoms with van der Waals surface area (Å²) in [6.45, 7) is 2.11. The summed E-state index contributed by atoms with van der Waals surface area (Å²) in [5.74, 6) is -1.09. The van der Waals surface area contributed by atoms with Crippen molar-refractivity contribution in [1.29, 1.82) is 0 Å². The molecule has 0 amide bonds. The van der Waals surface area contributed by atoms with Gasteiger partial charge in [-0.15, -0.1) is 0 Å². The molecule has 1 unspecified atom stereocenters. The van der Waals surface area contributed by atoms with E-state index in [1.165, 1.54) is 6.42 Å². The van der Waals surface area contributed by atoms with Gasteiger partial charge in [0.05, 0.1) is 6.42 Å². The first kappa shape index (κ1) is 15.0. The molecule has 1 atom stereocenters. The number of carboxylic acid groups (broad SMARTS) is 1. The predicted molar refractivity (Wildman–Crippen MR) is 67.3 cm³/mol. The van der Waals surface area contributed by atoms with Crippen LogP contribution in [0.3, 0.4) is 0 Å². The summed E-state index contributed by atoms with van der Waals surface area (Å²) < 4.78 is 5.45. The number of esters is 1. The number of carbonyl (C=O) groups is 2. The van der Waals surface area contributed by atoms with Crippen LogP contribution in [0, 0.1) is 0 Å². The molecule has 104 valence electrons. The van der Waals surface area contributed by atoms with Crippen LogP contribution in [0.5, 0.6) is 0 Å². The fourth-order valence-electron chi connectivity index (χ4n) is 2.09. The molecule has 5 nitrogen and oxygen atoms in total. The zero-order chi connectivity index (χ0) is 13.5. The number of carbonyl (C=O) groups excluding carboxylic acids is 1. The largest absolute Gasteiger partial charge is 0.481 e. The molecule has 0 bridgehead atoms. The third-order valence-corrected chi connectivity index (χ3v) is 3.52. The number of likely N-dealkylation sites (N-methyl/N-ethyl adjacent to an activating group) is 1. The van der Waals surface area contributed by atoms with Crippen LogP contribution >= 0.6 is 0 Å². The van der Waals surface area contributed by atoms with Gasteiger partial charge in [-0.05, 0) is 39.7 Å². The number of hydrogen-bond acceptors (Lipinski definition) is 4. The maximum absolute atomic E-state index is 11.9. The highest BCUT2D eigenvalue weighted by atomic mass is 16.5. The van der Waals surface area contributed by atoms with Gasteiger partial charge in [-0.2, -0.15) is 0 Å². The van der Waals surface area contributed by atoms with Crippen molar-refractivity contribution in [2.75, 3.05) is 13.6 Å². The lowest BCUT2D eigenvalue weighted by Gasteiger charge is -2.27. The van der Waals surface area contributed by atoms with Crippen molar-refractivity contribution in [1.82, 2.24) is 4.90 Å². The summed E-state index contributed by atoms with van der Waals surface area (Å²) in [5.41, 5.74) is 0. The first-order valence-corrected chi connectivity index (χ1v) is 6.63. The Morgan fingerprint density at radius 1 is 1.33 bits per heavy atom. The lowest BCUT2D eigenvalue weighted by atomic mass is 9.98. The quantitative estimate of drug-likeness (QED) is 0.733. The standard InChI is InChI=1S/C13H23NO4/c1-10(14(2)9-8-12(15)16)13(17)18-11-6-4-3-5-7-11/h10-11H,3-9H2,1-2H3,(H,15,16). The molecule has 0 aliphatic heterocycles. The molecule has 1 aliphatic rings. The summed E-state index contributed by atoms with van der Waals surface area (Å²) in [6, 6.07) is -0.383. The van der Waals surface area contributed by atoms with Crippen LogP contribution in [0.4, 0.5) is 0 Å². The minimum absolute atomic E-state index is 0.0392. The van der Waals surface area contributed by atoms with Crippen molar-refractivity contribution in [2.45, 2.75) is 57.6 Å². The smallest absolute Gasteiger partial charge is 0.323 e. The molecule has 1 fully saturated rings. The molecule has 1 saturated carbocycles. The van der Waals surface area contributed by atoms with Crippen LogP contribution in [-0.2, 0) is 14.3 Å². The first-order chi connectivity index (χ1) is 8.50. The van der Waals surface area contributed by atoms with Gasteiger partial charge in [0.2, 0.25) is 0 Å². The molecular weight excluding hydrogens is 234 g/mol. The van der Waals surface area contributed by atoms with E-state index in [-0.39, 0.29) is 24.5 Å². The zero-order valence-electron chi connectivity index (χ0n) is 11.2. The van der Waals surface area contributed by atoms with Crippen molar-refractivity contribution in [2.24, 2.45) is 0 Å². The van der Waals surface area contributed by atoms with E-state index in [0.29, 0.717) is 6.54 Å². The van der Waals surface area contributed by atoms with E-state index in [4.69, 9.17) is 9.84 Å². The SMILES string of the molecule is CC(C(=O)OC1CCCCC1)N(C)CCC(=O)O. The van der Waals surface area contributed by atoms with Crippen LogP contribution in [-0.4, -0.2) is 47.7 Å². The minimum atomic E-state index is -0.852. The van der Waals surface area contributed by atoms with Crippen LogP contribution in [0.15, 0.2) is 0 Å². The van der Waals surface area contributed by atoms with Crippen molar-refractivity contribution in [3.05, 3.63) is 0 Å². The number of ether oxygens (including phenoxy) is 1. The fourth-order valence-corrected chi connectivity index (χ4v) is 2.09. The maximum Gasteiger partial charge on any atom is 0.323 e. The van der Waals surface area contributed by atoms with Crippen LogP contribution in [0.2, 0.25) is 0 Å². The average Bonchev–Trinajstić information content (AvgIpc) is 2.36. The van der Waals surface area contributed by atoms with E-state index < -0.39 is 5.97 Å². The second-order valence-corrected chi connectivity index (χ2v) is 5.00. The van der Waals surface area contributed by atoms with Crippen molar-refractivity contribution < 1.29 is 19.4 Å². The van der Waals surface area contributed by atoms with Crippen LogP contribution in [0.25, 0.3) is 0 Å². The predicted octanol–water partition coefficient (Wildman–Crippen LogP) is 1.66. The first-order valence-electron chi connectivity index (χ1n) is 6.63. The molecule has 5 heteroatoms. The number of hydrogen-bond donors (Lipinski definition) is 1. The fraction of sp³-hybridized carbons (Fsp3) is 0.846. The van der Waals surface area contributed by atoms with Gasteiger partial charge in [-0.25, -0.2) is 0 Å². The van der Waals surface area contributed by atoms with Crippen molar-refractivity contribution in [3.63, 3.8) is 0 Å². The van der Waals surface area contributed by atoms with Gasteiger partial charge < -0.3 is 9.84 Å². The van der Waals surface area contributed by atoms with Gasteiger partial charge in [-0.3, -0.25) is 14.5 Å².